The van der Waals surface area contributed by atoms with Crippen molar-refractivity contribution in [1.29, 1.82) is 5.26 Å². The molecule has 1 aromatic carbocycles. The molecular weight excluding hydrogens is 298 g/mol. The van der Waals surface area contributed by atoms with Crippen LogP contribution in [-0.4, -0.2) is 41.9 Å². The molecule has 2 rings (SSSR count). The summed E-state index contributed by atoms with van der Waals surface area (Å²) < 4.78 is 0. The smallest absolute Gasteiger partial charge is 0.222 e. The molecule has 1 aliphatic rings. The highest BCUT2D eigenvalue weighted by Gasteiger charge is 2.26. The minimum absolute atomic E-state index is 0.234. The van der Waals surface area contributed by atoms with Crippen molar-refractivity contribution < 1.29 is 4.79 Å². The van der Waals surface area contributed by atoms with Crippen LogP contribution in [0, 0.1) is 11.3 Å². The van der Waals surface area contributed by atoms with E-state index in [2.05, 4.69) is 17.9 Å². The van der Waals surface area contributed by atoms with Gasteiger partial charge in [0.2, 0.25) is 5.91 Å². The Hall–Kier alpha value is -1.57. The lowest BCUT2D eigenvalue weighted by Crippen LogP contribution is -2.49. The molecule has 0 N–H and O–H groups in total. The number of piperazine rings is 1. The van der Waals surface area contributed by atoms with Crippen LogP contribution in [-0.2, 0) is 4.79 Å². The van der Waals surface area contributed by atoms with E-state index in [9.17, 15) is 10.1 Å². The fourth-order valence-corrected chi connectivity index (χ4v) is 2.96. The van der Waals surface area contributed by atoms with E-state index < -0.39 is 0 Å². The summed E-state index contributed by atoms with van der Waals surface area (Å²) in [6, 6.07) is 9.51. The number of unbranched alkanes of at least 4 members (excludes halogenated alkanes) is 1. The van der Waals surface area contributed by atoms with Crippen LogP contribution >= 0.6 is 11.6 Å². The average Bonchev–Trinajstić information content (AvgIpc) is 2.54. The molecule has 22 heavy (non-hydrogen) atoms. The molecule has 1 amide bonds. The van der Waals surface area contributed by atoms with Crippen LogP contribution in [0.5, 0.6) is 0 Å². The van der Waals surface area contributed by atoms with Crippen molar-refractivity contribution in [2.75, 3.05) is 26.2 Å². The molecule has 4 nitrogen and oxygen atoms in total. The minimum atomic E-state index is -0.299. The number of rotatable bonds is 5. The lowest BCUT2D eigenvalue weighted by Gasteiger charge is -2.37. The summed E-state index contributed by atoms with van der Waals surface area (Å²) in [7, 11) is 0. The molecule has 1 aromatic rings. The van der Waals surface area contributed by atoms with Crippen LogP contribution in [0.15, 0.2) is 24.3 Å². The number of carbonyl (C=O) groups excluding carboxylic acids is 1. The largest absolute Gasteiger partial charge is 0.340 e. The SMILES string of the molecule is CCCCC(=O)N1CCN(C(C#N)c2cccc(Cl)c2)CC1. The first-order valence-corrected chi connectivity index (χ1v) is 8.20. The molecule has 1 unspecified atom stereocenters. The molecule has 0 aliphatic carbocycles. The maximum absolute atomic E-state index is 12.0. The van der Waals surface area contributed by atoms with Gasteiger partial charge in [-0.3, -0.25) is 9.69 Å². The van der Waals surface area contributed by atoms with Crippen LogP contribution in [0.1, 0.15) is 37.8 Å². The first-order chi connectivity index (χ1) is 10.7. The van der Waals surface area contributed by atoms with Gasteiger partial charge in [0.25, 0.3) is 0 Å². The fraction of sp³-hybridized carbons (Fsp3) is 0.529. The van der Waals surface area contributed by atoms with Gasteiger partial charge in [-0.25, -0.2) is 0 Å². The number of carbonyl (C=O) groups is 1. The highest BCUT2D eigenvalue weighted by molar-refractivity contribution is 6.30. The number of benzene rings is 1. The summed E-state index contributed by atoms with van der Waals surface area (Å²) in [4.78, 5) is 16.1. The van der Waals surface area contributed by atoms with Gasteiger partial charge in [0.1, 0.15) is 6.04 Å². The monoisotopic (exact) mass is 319 g/mol. The molecule has 118 valence electrons. The summed E-state index contributed by atoms with van der Waals surface area (Å²) in [5.41, 5.74) is 0.917. The standard InChI is InChI=1S/C17H22ClN3O/c1-2-3-7-17(22)21-10-8-20(9-11-21)16(13-19)14-5-4-6-15(18)12-14/h4-6,12,16H,2-3,7-11H2,1H3. The highest BCUT2D eigenvalue weighted by Crippen LogP contribution is 2.24. The van der Waals surface area contributed by atoms with Gasteiger partial charge in [-0.05, 0) is 24.1 Å². The molecule has 0 radical (unpaired) electrons. The Kier molecular flexibility index (Phi) is 6.23. The molecule has 5 heteroatoms. The molecule has 0 bridgehead atoms. The number of nitriles is 1. The summed E-state index contributed by atoms with van der Waals surface area (Å²) in [6.07, 6.45) is 2.62. The Balaban J connectivity index is 1.95. The van der Waals surface area contributed by atoms with Crippen LogP contribution in [0.4, 0.5) is 0 Å². The molecule has 1 saturated heterocycles. The summed E-state index contributed by atoms with van der Waals surface area (Å²) in [5, 5.41) is 10.1. The molecule has 0 spiro atoms. The summed E-state index contributed by atoms with van der Waals surface area (Å²) >= 11 is 6.02. The van der Waals surface area contributed by atoms with Gasteiger partial charge in [0, 0.05) is 37.6 Å². The first kappa shape index (κ1) is 16.8. The zero-order valence-electron chi connectivity index (χ0n) is 13.0. The first-order valence-electron chi connectivity index (χ1n) is 7.82. The average molecular weight is 320 g/mol. The number of nitrogens with zero attached hydrogens (tertiary/aromatic N) is 3. The topological polar surface area (TPSA) is 47.3 Å². The summed E-state index contributed by atoms with van der Waals surface area (Å²) in [6.45, 7) is 4.93. The normalized spacial score (nSPS) is 17.0. The predicted molar refractivity (Wildman–Crippen MR) is 87.5 cm³/mol. The van der Waals surface area contributed by atoms with Crippen LogP contribution in [0.3, 0.4) is 0 Å². The number of hydrogen-bond donors (Lipinski definition) is 0. The van der Waals surface area contributed by atoms with E-state index in [0.29, 0.717) is 24.5 Å². The lowest BCUT2D eigenvalue weighted by molar-refractivity contribution is -0.133. The minimum Gasteiger partial charge on any atom is -0.340 e. The van der Waals surface area contributed by atoms with Crippen molar-refractivity contribution in [3.63, 3.8) is 0 Å². The van der Waals surface area contributed by atoms with Crippen molar-refractivity contribution in [3.8, 4) is 6.07 Å². The Labute approximate surface area is 137 Å². The third-order valence-corrected chi connectivity index (χ3v) is 4.30. The van der Waals surface area contributed by atoms with Gasteiger partial charge >= 0.3 is 0 Å². The Morgan fingerprint density at radius 2 is 2.09 bits per heavy atom. The Morgan fingerprint density at radius 3 is 2.68 bits per heavy atom. The van der Waals surface area contributed by atoms with Crippen LogP contribution in [0.25, 0.3) is 0 Å². The van der Waals surface area contributed by atoms with Gasteiger partial charge in [-0.1, -0.05) is 37.1 Å². The maximum Gasteiger partial charge on any atom is 0.222 e. The van der Waals surface area contributed by atoms with Crippen molar-refractivity contribution in [3.05, 3.63) is 34.9 Å². The molecule has 1 heterocycles. The van der Waals surface area contributed by atoms with Gasteiger partial charge in [0.05, 0.1) is 6.07 Å². The van der Waals surface area contributed by atoms with E-state index in [1.807, 2.05) is 29.2 Å². The second-order valence-electron chi connectivity index (χ2n) is 5.61. The van der Waals surface area contributed by atoms with E-state index >= 15 is 0 Å². The predicted octanol–water partition coefficient (Wildman–Crippen LogP) is 3.24. The van der Waals surface area contributed by atoms with Gasteiger partial charge in [-0.15, -0.1) is 0 Å². The second kappa shape index (κ2) is 8.17. The van der Waals surface area contributed by atoms with E-state index in [4.69, 9.17) is 11.6 Å². The molecule has 1 atom stereocenters. The zero-order valence-corrected chi connectivity index (χ0v) is 13.7. The Bertz CT molecular complexity index is 547. The van der Waals surface area contributed by atoms with Crippen molar-refractivity contribution in [1.82, 2.24) is 9.80 Å². The molecule has 0 aromatic heterocycles. The fourth-order valence-electron chi connectivity index (χ4n) is 2.76. The molecule has 1 aliphatic heterocycles. The van der Waals surface area contributed by atoms with Gasteiger partial charge in [-0.2, -0.15) is 5.26 Å². The van der Waals surface area contributed by atoms with E-state index in [-0.39, 0.29) is 11.9 Å². The second-order valence-corrected chi connectivity index (χ2v) is 6.04. The van der Waals surface area contributed by atoms with E-state index in [1.165, 1.54) is 0 Å². The van der Waals surface area contributed by atoms with Crippen molar-refractivity contribution in [2.24, 2.45) is 0 Å². The summed E-state index contributed by atoms with van der Waals surface area (Å²) in [5.74, 6) is 0.234. The number of hydrogen-bond acceptors (Lipinski definition) is 3. The molecular formula is C17H22ClN3O. The third-order valence-electron chi connectivity index (χ3n) is 4.06. The van der Waals surface area contributed by atoms with Gasteiger partial charge in [0.15, 0.2) is 0 Å². The maximum atomic E-state index is 12.0. The van der Waals surface area contributed by atoms with Gasteiger partial charge < -0.3 is 4.90 Å². The van der Waals surface area contributed by atoms with Crippen LogP contribution < -0.4 is 0 Å². The van der Waals surface area contributed by atoms with Crippen molar-refractivity contribution >= 4 is 17.5 Å². The third kappa shape index (κ3) is 4.22. The Morgan fingerprint density at radius 1 is 1.36 bits per heavy atom. The number of halogens is 1. The highest BCUT2D eigenvalue weighted by atomic mass is 35.5. The van der Waals surface area contributed by atoms with Crippen LogP contribution in [0.2, 0.25) is 5.02 Å². The molecule has 0 saturated carbocycles. The number of amides is 1. The quantitative estimate of drug-likeness (QED) is 0.837. The molecule has 1 fully saturated rings. The van der Waals surface area contributed by atoms with E-state index in [0.717, 1.165) is 31.5 Å². The lowest BCUT2D eigenvalue weighted by atomic mass is 10.1. The van der Waals surface area contributed by atoms with E-state index in [1.54, 1.807) is 0 Å². The zero-order chi connectivity index (χ0) is 15.9. The van der Waals surface area contributed by atoms with Crippen molar-refractivity contribution in [2.45, 2.75) is 32.2 Å².